The zero-order chi connectivity index (χ0) is 15.9. The molecule has 1 aliphatic heterocycles. The minimum atomic E-state index is -0.0198. The average molecular weight is 430 g/mol. The van der Waals surface area contributed by atoms with E-state index in [1.165, 1.54) is 19.3 Å². The van der Waals surface area contributed by atoms with E-state index in [-0.39, 0.29) is 35.8 Å². The number of aliphatic imine (C=N–C) groups is 1. The molecule has 0 unspecified atom stereocenters. The number of carbonyl (C=O) groups is 1. The highest BCUT2D eigenvalue weighted by Crippen LogP contribution is 2.12. The number of hydrogen-bond acceptors (Lipinski definition) is 2. The van der Waals surface area contributed by atoms with E-state index in [1.807, 2.05) is 38.1 Å². The van der Waals surface area contributed by atoms with E-state index in [2.05, 4.69) is 15.2 Å². The van der Waals surface area contributed by atoms with Gasteiger partial charge in [-0.05, 0) is 37.0 Å². The quantitative estimate of drug-likeness (QED) is 0.438. The van der Waals surface area contributed by atoms with Crippen molar-refractivity contribution >= 4 is 41.5 Å². The average Bonchev–Trinajstić information content (AvgIpc) is 2.54. The summed E-state index contributed by atoms with van der Waals surface area (Å²) in [5.41, 5.74) is 7.95. The van der Waals surface area contributed by atoms with Gasteiger partial charge in [0, 0.05) is 24.7 Å². The Bertz CT molecular complexity index is 522. The van der Waals surface area contributed by atoms with Gasteiger partial charge < -0.3 is 16.0 Å². The van der Waals surface area contributed by atoms with Crippen LogP contribution in [0.15, 0.2) is 29.3 Å². The first kappa shape index (κ1) is 19.7. The van der Waals surface area contributed by atoms with Crippen molar-refractivity contribution in [1.82, 2.24) is 4.90 Å². The van der Waals surface area contributed by atoms with E-state index in [1.54, 1.807) is 0 Å². The van der Waals surface area contributed by atoms with Crippen LogP contribution in [0.4, 0.5) is 5.69 Å². The van der Waals surface area contributed by atoms with Gasteiger partial charge in [0.15, 0.2) is 5.96 Å². The maximum Gasteiger partial charge on any atom is 0.226 e. The summed E-state index contributed by atoms with van der Waals surface area (Å²) >= 11 is 0. The maximum absolute atomic E-state index is 11.6. The lowest BCUT2D eigenvalue weighted by molar-refractivity contribution is -0.118. The van der Waals surface area contributed by atoms with Gasteiger partial charge in [-0.15, -0.1) is 24.0 Å². The number of carbonyl (C=O) groups excluding carboxylic acids is 1. The molecule has 1 heterocycles. The minimum absolute atomic E-state index is 0. The second kappa shape index (κ2) is 9.75. The lowest BCUT2D eigenvalue weighted by Crippen LogP contribution is -2.40. The molecule has 1 saturated heterocycles. The van der Waals surface area contributed by atoms with E-state index in [9.17, 15) is 4.79 Å². The van der Waals surface area contributed by atoms with Crippen molar-refractivity contribution in [3.63, 3.8) is 0 Å². The van der Waals surface area contributed by atoms with Gasteiger partial charge in [-0.25, -0.2) is 4.99 Å². The molecule has 0 atom stereocenters. The number of piperidine rings is 1. The third-order valence-electron chi connectivity index (χ3n) is 3.85. The number of nitrogens with two attached hydrogens (primary N) is 1. The molecule has 1 aromatic carbocycles. The molecule has 0 aromatic heterocycles. The molecule has 0 aliphatic carbocycles. The molecule has 0 bridgehead atoms. The fourth-order valence-electron chi connectivity index (χ4n) is 2.38. The van der Waals surface area contributed by atoms with Crippen LogP contribution in [0.25, 0.3) is 0 Å². The molecule has 1 fully saturated rings. The van der Waals surface area contributed by atoms with E-state index < -0.39 is 0 Å². The second-order valence-corrected chi connectivity index (χ2v) is 6.06. The molecule has 1 aromatic rings. The predicted octanol–water partition coefficient (Wildman–Crippen LogP) is 3.20. The number of amides is 1. The monoisotopic (exact) mass is 430 g/mol. The summed E-state index contributed by atoms with van der Waals surface area (Å²) in [4.78, 5) is 18.3. The topological polar surface area (TPSA) is 70.7 Å². The lowest BCUT2D eigenvalue weighted by atomic mass is 10.1. The number of hydrogen-bond donors (Lipinski definition) is 2. The van der Waals surface area contributed by atoms with Crippen molar-refractivity contribution in [3.8, 4) is 0 Å². The Morgan fingerprint density at radius 3 is 2.39 bits per heavy atom. The Balaban J connectivity index is 0.00000264. The molecule has 23 heavy (non-hydrogen) atoms. The Labute approximate surface area is 155 Å². The summed E-state index contributed by atoms with van der Waals surface area (Å²) in [6.45, 7) is 6.34. The Morgan fingerprint density at radius 2 is 1.83 bits per heavy atom. The van der Waals surface area contributed by atoms with Gasteiger partial charge in [-0.1, -0.05) is 26.0 Å². The van der Waals surface area contributed by atoms with Crippen LogP contribution in [0.1, 0.15) is 38.7 Å². The number of benzene rings is 1. The number of likely N-dealkylation sites (tertiary alicyclic amines) is 1. The summed E-state index contributed by atoms with van der Waals surface area (Å²) in [5, 5.41) is 2.88. The van der Waals surface area contributed by atoms with Crippen LogP contribution >= 0.6 is 24.0 Å². The largest absolute Gasteiger partial charge is 0.370 e. The highest BCUT2D eigenvalue weighted by atomic mass is 127. The summed E-state index contributed by atoms with van der Waals surface area (Å²) in [6, 6.07) is 7.76. The summed E-state index contributed by atoms with van der Waals surface area (Å²) < 4.78 is 0. The van der Waals surface area contributed by atoms with Gasteiger partial charge in [-0.2, -0.15) is 0 Å². The molecule has 0 saturated carbocycles. The van der Waals surface area contributed by atoms with Crippen LogP contribution in [0.5, 0.6) is 0 Å². The summed E-state index contributed by atoms with van der Waals surface area (Å²) in [5.74, 6) is 0.644. The molecular formula is C17H27IN4O. The molecule has 2 rings (SSSR count). The molecule has 5 nitrogen and oxygen atoms in total. The van der Waals surface area contributed by atoms with Gasteiger partial charge in [0.1, 0.15) is 0 Å². The minimum Gasteiger partial charge on any atom is -0.370 e. The maximum atomic E-state index is 11.6. The van der Waals surface area contributed by atoms with Gasteiger partial charge >= 0.3 is 0 Å². The normalized spacial score (nSPS) is 15.3. The van der Waals surface area contributed by atoms with Crippen LogP contribution in [0, 0.1) is 5.92 Å². The van der Waals surface area contributed by atoms with Crippen molar-refractivity contribution in [2.24, 2.45) is 16.6 Å². The Kier molecular flexibility index (Phi) is 8.36. The van der Waals surface area contributed by atoms with Crippen LogP contribution in [-0.2, 0) is 11.3 Å². The third-order valence-corrected chi connectivity index (χ3v) is 3.85. The Hall–Kier alpha value is -1.31. The molecule has 0 spiro atoms. The number of anilines is 1. The van der Waals surface area contributed by atoms with Gasteiger partial charge in [0.05, 0.1) is 6.54 Å². The number of nitrogens with zero attached hydrogens (tertiary/aromatic N) is 2. The van der Waals surface area contributed by atoms with Crippen LogP contribution < -0.4 is 11.1 Å². The molecule has 1 aliphatic rings. The number of nitrogens with one attached hydrogen (secondary N) is 1. The zero-order valence-corrected chi connectivity index (χ0v) is 16.2. The smallest absolute Gasteiger partial charge is 0.226 e. The second-order valence-electron chi connectivity index (χ2n) is 6.06. The number of guanidine groups is 1. The van der Waals surface area contributed by atoms with Crippen LogP contribution in [-0.4, -0.2) is 29.9 Å². The Morgan fingerprint density at radius 1 is 1.22 bits per heavy atom. The van der Waals surface area contributed by atoms with Crippen molar-refractivity contribution < 1.29 is 4.79 Å². The fourth-order valence-corrected chi connectivity index (χ4v) is 2.38. The first-order chi connectivity index (χ1) is 10.6. The van der Waals surface area contributed by atoms with Crippen molar-refractivity contribution in [3.05, 3.63) is 29.8 Å². The van der Waals surface area contributed by atoms with E-state index in [4.69, 9.17) is 5.73 Å². The first-order valence-electron chi connectivity index (χ1n) is 8.01. The van der Waals surface area contributed by atoms with Crippen LogP contribution in [0.3, 0.4) is 0 Å². The van der Waals surface area contributed by atoms with Crippen LogP contribution in [0.2, 0.25) is 0 Å². The third kappa shape index (κ3) is 6.37. The van der Waals surface area contributed by atoms with Gasteiger partial charge in [0.2, 0.25) is 5.91 Å². The first-order valence-corrected chi connectivity index (χ1v) is 8.01. The van der Waals surface area contributed by atoms with Crippen molar-refractivity contribution in [2.75, 3.05) is 18.4 Å². The molecule has 0 radical (unpaired) electrons. The number of rotatable bonds is 4. The van der Waals surface area contributed by atoms with Crippen molar-refractivity contribution in [1.29, 1.82) is 0 Å². The highest BCUT2D eigenvalue weighted by Gasteiger charge is 2.11. The molecule has 6 heteroatoms. The predicted molar refractivity (Wildman–Crippen MR) is 106 cm³/mol. The standard InChI is InChI=1S/C17H26N4O.HI/c1-13(2)16(22)20-15-8-6-14(7-9-15)12-19-17(18)21-10-4-3-5-11-21;/h6-9,13H,3-5,10-12H2,1-2H3,(H2,18,19)(H,20,22);1H. The fraction of sp³-hybridized carbons (Fsp3) is 0.529. The molecular weight excluding hydrogens is 403 g/mol. The van der Waals surface area contributed by atoms with E-state index >= 15 is 0 Å². The number of halogens is 1. The summed E-state index contributed by atoms with van der Waals surface area (Å²) in [7, 11) is 0. The van der Waals surface area contributed by atoms with Gasteiger partial charge in [0.25, 0.3) is 0 Å². The lowest BCUT2D eigenvalue weighted by Gasteiger charge is -2.27. The molecule has 128 valence electrons. The SMILES string of the molecule is CC(C)C(=O)Nc1ccc(CN=C(N)N2CCCCC2)cc1.I. The highest BCUT2D eigenvalue weighted by molar-refractivity contribution is 14.0. The molecule has 1 amide bonds. The summed E-state index contributed by atoms with van der Waals surface area (Å²) in [6.07, 6.45) is 3.67. The van der Waals surface area contributed by atoms with Crippen molar-refractivity contribution in [2.45, 2.75) is 39.7 Å². The van der Waals surface area contributed by atoms with E-state index in [0.29, 0.717) is 12.5 Å². The van der Waals surface area contributed by atoms with E-state index in [0.717, 1.165) is 24.3 Å². The van der Waals surface area contributed by atoms with Gasteiger partial charge in [-0.3, -0.25) is 4.79 Å². The molecule has 3 N–H and O–H groups in total. The zero-order valence-electron chi connectivity index (χ0n) is 13.9.